The van der Waals surface area contributed by atoms with Crippen molar-refractivity contribution in [2.75, 3.05) is 6.54 Å². The molecular formula is C16H18N4O2. The Morgan fingerprint density at radius 3 is 2.95 bits per heavy atom. The fourth-order valence-electron chi connectivity index (χ4n) is 2.34. The Bertz CT molecular complexity index is 734. The second-order valence-corrected chi connectivity index (χ2v) is 5.09. The van der Waals surface area contributed by atoms with Crippen molar-refractivity contribution in [3.63, 3.8) is 0 Å². The van der Waals surface area contributed by atoms with Crippen LogP contribution in [-0.2, 0) is 6.42 Å². The molecule has 0 bridgehead atoms. The molecule has 114 valence electrons. The number of pyridine rings is 1. The van der Waals surface area contributed by atoms with Crippen LogP contribution >= 0.6 is 0 Å². The van der Waals surface area contributed by atoms with Gasteiger partial charge in [0.15, 0.2) is 11.4 Å². The van der Waals surface area contributed by atoms with Crippen LogP contribution in [0.5, 0.6) is 0 Å². The average molecular weight is 298 g/mol. The number of furan rings is 1. The third kappa shape index (κ3) is 3.33. The van der Waals surface area contributed by atoms with E-state index in [1.807, 2.05) is 28.8 Å². The Labute approximate surface area is 128 Å². The number of carbonyl (C=O) groups excluding carboxylic acids is 1. The predicted octanol–water partition coefficient (Wildman–Crippen LogP) is 2.47. The van der Waals surface area contributed by atoms with Crippen molar-refractivity contribution in [1.29, 1.82) is 0 Å². The second-order valence-electron chi connectivity index (χ2n) is 5.09. The van der Waals surface area contributed by atoms with E-state index in [2.05, 4.69) is 15.5 Å². The molecule has 0 spiro atoms. The standard InChI is InChI=1S/C16H18N4O2/c21-16(13-7-6-12-22-13)17-10-4-1-2-8-14-18-19-15-9-3-5-11-20(14)15/h3,5-7,9,11-12H,1-2,4,8,10H2,(H,17,21). The molecule has 3 aromatic rings. The number of nitrogens with one attached hydrogen (secondary N) is 1. The Balaban J connectivity index is 1.36. The molecule has 0 unspecified atom stereocenters. The van der Waals surface area contributed by atoms with Crippen molar-refractivity contribution in [2.45, 2.75) is 25.7 Å². The molecule has 0 aliphatic carbocycles. The first-order chi connectivity index (χ1) is 10.8. The molecule has 6 nitrogen and oxygen atoms in total. The van der Waals surface area contributed by atoms with E-state index in [0.717, 1.165) is 37.2 Å². The molecule has 1 N–H and O–H groups in total. The van der Waals surface area contributed by atoms with Crippen LogP contribution in [0.15, 0.2) is 47.2 Å². The highest BCUT2D eigenvalue weighted by Crippen LogP contribution is 2.07. The third-order valence-electron chi connectivity index (χ3n) is 3.49. The highest BCUT2D eigenvalue weighted by atomic mass is 16.3. The Hall–Kier alpha value is -2.63. The van der Waals surface area contributed by atoms with E-state index in [4.69, 9.17) is 4.42 Å². The normalized spacial score (nSPS) is 10.9. The molecule has 0 radical (unpaired) electrons. The van der Waals surface area contributed by atoms with Crippen LogP contribution < -0.4 is 5.32 Å². The molecule has 3 aromatic heterocycles. The predicted molar refractivity (Wildman–Crippen MR) is 81.6 cm³/mol. The van der Waals surface area contributed by atoms with Crippen LogP contribution in [0.4, 0.5) is 0 Å². The van der Waals surface area contributed by atoms with Gasteiger partial charge in [0.2, 0.25) is 0 Å². The third-order valence-corrected chi connectivity index (χ3v) is 3.49. The molecule has 0 aliphatic rings. The summed E-state index contributed by atoms with van der Waals surface area (Å²) in [4.78, 5) is 11.6. The first-order valence-electron chi connectivity index (χ1n) is 7.45. The van der Waals surface area contributed by atoms with Crippen LogP contribution in [0.3, 0.4) is 0 Å². The van der Waals surface area contributed by atoms with Gasteiger partial charge < -0.3 is 9.73 Å². The van der Waals surface area contributed by atoms with Crippen LogP contribution in [0.25, 0.3) is 5.65 Å². The molecule has 1 amide bonds. The topological polar surface area (TPSA) is 72.4 Å². The minimum atomic E-state index is -0.159. The summed E-state index contributed by atoms with van der Waals surface area (Å²) in [5.74, 6) is 1.18. The number of nitrogens with zero attached hydrogens (tertiary/aromatic N) is 3. The van der Waals surface area contributed by atoms with Gasteiger partial charge in [0.25, 0.3) is 5.91 Å². The zero-order chi connectivity index (χ0) is 15.2. The lowest BCUT2D eigenvalue weighted by Crippen LogP contribution is -2.23. The molecule has 0 aromatic carbocycles. The zero-order valence-corrected chi connectivity index (χ0v) is 12.2. The minimum Gasteiger partial charge on any atom is -0.459 e. The summed E-state index contributed by atoms with van der Waals surface area (Å²) in [6.07, 6.45) is 7.35. The number of aromatic nitrogens is 3. The van der Waals surface area contributed by atoms with E-state index in [1.165, 1.54) is 6.26 Å². The lowest BCUT2D eigenvalue weighted by atomic mass is 10.2. The maximum absolute atomic E-state index is 11.6. The summed E-state index contributed by atoms with van der Waals surface area (Å²) in [6, 6.07) is 9.24. The van der Waals surface area contributed by atoms with Crippen LogP contribution in [0.2, 0.25) is 0 Å². The lowest BCUT2D eigenvalue weighted by Gasteiger charge is -2.03. The Morgan fingerprint density at radius 2 is 2.09 bits per heavy atom. The van der Waals surface area contributed by atoms with Gasteiger partial charge in [-0.05, 0) is 37.1 Å². The fraction of sp³-hybridized carbons (Fsp3) is 0.312. The first-order valence-corrected chi connectivity index (χ1v) is 7.45. The molecule has 0 fully saturated rings. The molecule has 3 heterocycles. The second kappa shape index (κ2) is 6.89. The number of unbranched alkanes of at least 4 members (excludes halogenated alkanes) is 2. The van der Waals surface area contributed by atoms with Crippen molar-refractivity contribution < 1.29 is 9.21 Å². The van der Waals surface area contributed by atoms with E-state index in [1.54, 1.807) is 12.1 Å². The van der Waals surface area contributed by atoms with Crippen molar-refractivity contribution in [3.05, 3.63) is 54.4 Å². The van der Waals surface area contributed by atoms with Crippen LogP contribution in [-0.4, -0.2) is 27.0 Å². The molecule has 0 aliphatic heterocycles. The number of rotatable bonds is 7. The minimum absolute atomic E-state index is 0.159. The Morgan fingerprint density at radius 1 is 1.14 bits per heavy atom. The summed E-state index contributed by atoms with van der Waals surface area (Å²) in [5, 5.41) is 11.2. The molecule has 22 heavy (non-hydrogen) atoms. The summed E-state index contributed by atoms with van der Waals surface area (Å²) in [7, 11) is 0. The average Bonchev–Trinajstić information content (AvgIpc) is 3.20. The highest BCUT2D eigenvalue weighted by Gasteiger charge is 2.07. The van der Waals surface area contributed by atoms with Gasteiger partial charge in [0, 0.05) is 19.2 Å². The fourth-order valence-corrected chi connectivity index (χ4v) is 2.34. The SMILES string of the molecule is O=C(NCCCCCc1nnc2ccccn12)c1ccco1. The lowest BCUT2D eigenvalue weighted by molar-refractivity contribution is 0.0925. The summed E-state index contributed by atoms with van der Waals surface area (Å²) in [5.41, 5.74) is 0.878. The van der Waals surface area contributed by atoms with Gasteiger partial charge in [-0.25, -0.2) is 0 Å². The van der Waals surface area contributed by atoms with Crippen molar-refractivity contribution in [2.24, 2.45) is 0 Å². The van der Waals surface area contributed by atoms with Crippen molar-refractivity contribution in [1.82, 2.24) is 19.9 Å². The quantitative estimate of drug-likeness (QED) is 0.680. The first kappa shape index (κ1) is 14.3. The number of amides is 1. The van der Waals surface area contributed by atoms with Gasteiger partial charge in [-0.2, -0.15) is 0 Å². The van der Waals surface area contributed by atoms with E-state index in [0.29, 0.717) is 12.3 Å². The van der Waals surface area contributed by atoms with Gasteiger partial charge in [-0.1, -0.05) is 12.5 Å². The van der Waals surface area contributed by atoms with E-state index in [-0.39, 0.29) is 5.91 Å². The van der Waals surface area contributed by atoms with Gasteiger partial charge in [0.1, 0.15) is 5.82 Å². The number of aryl methyl sites for hydroxylation is 1. The largest absolute Gasteiger partial charge is 0.459 e. The maximum Gasteiger partial charge on any atom is 0.286 e. The van der Waals surface area contributed by atoms with E-state index >= 15 is 0 Å². The molecule has 0 saturated carbocycles. The zero-order valence-electron chi connectivity index (χ0n) is 12.2. The number of fused-ring (bicyclic) bond motifs is 1. The summed E-state index contributed by atoms with van der Waals surface area (Å²) in [6.45, 7) is 0.653. The molecule has 0 saturated heterocycles. The van der Waals surface area contributed by atoms with Crippen LogP contribution in [0.1, 0.15) is 35.6 Å². The summed E-state index contributed by atoms with van der Waals surface area (Å²) >= 11 is 0. The number of hydrogen-bond donors (Lipinski definition) is 1. The van der Waals surface area contributed by atoms with E-state index in [9.17, 15) is 4.79 Å². The smallest absolute Gasteiger partial charge is 0.286 e. The van der Waals surface area contributed by atoms with Gasteiger partial charge in [-0.3, -0.25) is 9.20 Å². The van der Waals surface area contributed by atoms with Crippen molar-refractivity contribution >= 4 is 11.6 Å². The van der Waals surface area contributed by atoms with Crippen LogP contribution in [0, 0.1) is 0 Å². The number of hydrogen-bond acceptors (Lipinski definition) is 4. The molecule has 0 atom stereocenters. The Kier molecular flexibility index (Phi) is 4.48. The van der Waals surface area contributed by atoms with Gasteiger partial charge in [0.05, 0.1) is 6.26 Å². The molecule has 6 heteroatoms. The number of carbonyl (C=O) groups is 1. The maximum atomic E-state index is 11.6. The highest BCUT2D eigenvalue weighted by molar-refractivity contribution is 5.91. The summed E-state index contributed by atoms with van der Waals surface area (Å²) < 4.78 is 7.05. The monoisotopic (exact) mass is 298 g/mol. The molecule has 3 rings (SSSR count). The molecular weight excluding hydrogens is 280 g/mol. The van der Waals surface area contributed by atoms with Crippen molar-refractivity contribution in [3.8, 4) is 0 Å². The van der Waals surface area contributed by atoms with E-state index < -0.39 is 0 Å². The van der Waals surface area contributed by atoms with Gasteiger partial charge in [-0.15, -0.1) is 10.2 Å². The van der Waals surface area contributed by atoms with Gasteiger partial charge >= 0.3 is 0 Å².